The SMILES string of the molecule is Cc1ccc(-n2cc(C(=O)N3CCNC(C)C3)nn2)cc1. The molecular weight excluding hydrogens is 266 g/mol. The number of hydrogen-bond donors (Lipinski definition) is 1. The molecule has 1 amide bonds. The third-order valence-electron chi connectivity index (χ3n) is 3.67. The third-order valence-corrected chi connectivity index (χ3v) is 3.67. The first-order valence-corrected chi connectivity index (χ1v) is 7.15. The van der Waals surface area contributed by atoms with E-state index in [1.165, 1.54) is 5.56 Å². The molecule has 3 rings (SSSR count). The van der Waals surface area contributed by atoms with Gasteiger partial charge in [0.05, 0.1) is 11.9 Å². The zero-order valence-electron chi connectivity index (χ0n) is 12.3. The number of carbonyl (C=O) groups is 1. The summed E-state index contributed by atoms with van der Waals surface area (Å²) >= 11 is 0. The second kappa shape index (κ2) is 5.65. The summed E-state index contributed by atoms with van der Waals surface area (Å²) in [6, 6.07) is 8.26. The summed E-state index contributed by atoms with van der Waals surface area (Å²) in [6.07, 6.45) is 1.69. The number of piperazine rings is 1. The normalized spacial score (nSPS) is 18.8. The van der Waals surface area contributed by atoms with Gasteiger partial charge in [-0.25, -0.2) is 4.68 Å². The summed E-state index contributed by atoms with van der Waals surface area (Å²) in [7, 11) is 0. The van der Waals surface area contributed by atoms with E-state index in [-0.39, 0.29) is 5.91 Å². The van der Waals surface area contributed by atoms with E-state index in [9.17, 15) is 4.79 Å². The second-order valence-electron chi connectivity index (χ2n) is 5.49. The minimum atomic E-state index is -0.0540. The molecule has 0 radical (unpaired) electrons. The average molecular weight is 285 g/mol. The quantitative estimate of drug-likeness (QED) is 0.894. The smallest absolute Gasteiger partial charge is 0.276 e. The maximum Gasteiger partial charge on any atom is 0.276 e. The molecule has 1 unspecified atom stereocenters. The molecule has 1 aliphatic heterocycles. The summed E-state index contributed by atoms with van der Waals surface area (Å²) in [5.41, 5.74) is 2.48. The Hall–Kier alpha value is -2.21. The summed E-state index contributed by atoms with van der Waals surface area (Å²) in [6.45, 7) is 6.34. The molecule has 1 aromatic heterocycles. The van der Waals surface area contributed by atoms with Crippen molar-refractivity contribution >= 4 is 5.91 Å². The number of amides is 1. The molecule has 0 saturated carbocycles. The maximum atomic E-state index is 12.4. The first kappa shape index (κ1) is 13.8. The fourth-order valence-corrected chi connectivity index (χ4v) is 2.46. The van der Waals surface area contributed by atoms with Gasteiger partial charge in [0, 0.05) is 25.7 Å². The van der Waals surface area contributed by atoms with Crippen molar-refractivity contribution in [1.29, 1.82) is 0 Å². The summed E-state index contributed by atoms with van der Waals surface area (Å²) in [4.78, 5) is 14.3. The van der Waals surface area contributed by atoms with Crippen LogP contribution in [0.25, 0.3) is 5.69 Å². The van der Waals surface area contributed by atoms with Crippen molar-refractivity contribution in [1.82, 2.24) is 25.2 Å². The lowest BCUT2D eigenvalue weighted by Crippen LogP contribution is -2.51. The number of benzene rings is 1. The predicted molar refractivity (Wildman–Crippen MR) is 79.5 cm³/mol. The summed E-state index contributed by atoms with van der Waals surface area (Å²) in [5, 5.41) is 11.4. The van der Waals surface area contributed by atoms with E-state index in [2.05, 4.69) is 22.6 Å². The molecule has 1 aliphatic rings. The number of aromatic nitrogens is 3. The van der Waals surface area contributed by atoms with Crippen molar-refractivity contribution in [3.63, 3.8) is 0 Å². The van der Waals surface area contributed by atoms with E-state index in [1.54, 1.807) is 10.9 Å². The Bertz CT molecular complexity index is 634. The Morgan fingerprint density at radius 3 is 2.81 bits per heavy atom. The van der Waals surface area contributed by atoms with E-state index < -0.39 is 0 Å². The van der Waals surface area contributed by atoms with Crippen molar-refractivity contribution in [3.05, 3.63) is 41.7 Å². The Labute approximate surface area is 123 Å². The topological polar surface area (TPSA) is 63.1 Å². The van der Waals surface area contributed by atoms with Crippen molar-refractivity contribution in [3.8, 4) is 5.69 Å². The van der Waals surface area contributed by atoms with Crippen LogP contribution in [0.5, 0.6) is 0 Å². The van der Waals surface area contributed by atoms with E-state index in [0.29, 0.717) is 24.8 Å². The fourth-order valence-electron chi connectivity index (χ4n) is 2.46. The molecule has 0 aliphatic carbocycles. The lowest BCUT2D eigenvalue weighted by molar-refractivity contribution is 0.0703. The van der Waals surface area contributed by atoms with E-state index in [4.69, 9.17) is 0 Å². The Balaban J connectivity index is 1.78. The van der Waals surface area contributed by atoms with Gasteiger partial charge in [0.15, 0.2) is 5.69 Å². The molecule has 2 aromatic rings. The largest absolute Gasteiger partial charge is 0.334 e. The van der Waals surface area contributed by atoms with Gasteiger partial charge < -0.3 is 10.2 Å². The summed E-state index contributed by atoms with van der Waals surface area (Å²) in [5.74, 6) is -0.0540. The molecule has 1 atom stereocenters. The van der Waals surface area contributed by atoms with Gasteiger partial charge in [0.2, 0.25) is 0 Å². The number of rotatable bonds is 2. The van der Waals surface area contributed by atoms with Gasteiger partial charge in [-0.3, -0.25) is 4.79 Å². The number of carbonyl (C=O) groups excluding carboxylic acids is 1. The van der Waals surface area contributed by atoms with Gasteiger partial charge in [-0.1, -0.05) is 22.9 Å². The molecule has 21 heavy (non-hydrogen) atoms. The Morgan fingerprint density at radius 1 is 1.33 bits per heavy atom. The van der Waals surface area contributed by atoms with Crippen molar-refractivity contribution in [2.45, 2.75) is 19.9 Å². The van der Waals surface area contributed by atoms with Crippen LogP contribution in [0.4, 0.5) is 0 Å². The van der Waals surface area contributed by atoms with Gasteiger partial charge in [-0.05, 0) is 26.0 Å². The zero-order chi connectivity index (χ0) is 14.8. The van der Waals surface area contributed by atoms with Crippen LogP contribution in [0.1, 0.15) is 23.0 Å². The van der Waals surface area contributed by atoms with Gasteiger partial charge in [-0.2, -0.15) is 0 Å². The average Bonchev–Trinajstić information content (AvgIpc) is 2.97. The molecule has 0 spiro atoms. The lowest BCUT2D eigenvalue weighted by atomic mass is 10.2. The molecule has 1 N–H and O–H groups in total. The van der Waals surface area contributed by atoms with Crippen LogP contribution in [-0.2, 0) is 0 Å². The molecule has 6 nitrogen and oxygen atoms in total. The van der Waals surface area contributed by atoms with Crippen LogP contribution < -0.4 is 5.32 Å². The van der Waals surface area contributed by atoms with E-state index in [0.717, 1.165) is 12.2 Å². The first-order valence-electron chi connectivity index (χ1n) is 7.15. The highest BCUT2D eigenvalue weighted by Gasteiger charge is 2.23. The Morgan fingerprint density at radius 2 is 2.10 bits per heavy atom. The van der Waals surface area contributed by atoms with Crippen LogP contribution in [0.15, 0.2) is 30.5 Å². The van der Waals surface area contributed by atoms with Crippen LogP contribution in [0, 0.1) is 6.92 Å². The zero-order valence-corrected chi connectivity index (χ0v) is 12.3. The molecule has 6 heteroatoms. The molecule has 2 heterocycles. The van der Waals surface area contributed by atoms with Gasteiger partial charge >= 0.3 is 0 Å². The maximum absolute atomic E-state index is 12.4. The number of nitrogens with zero attached hydrogens (tertiary/aromatic N) is 4. The fraction of sp³-hybridized carbons (Fsp3) is 0.400. The van der Waals surface area contributed by atoms with Gasteiger partial charge in [0.25, 0.3) is 5.91 Å². The number of nitrogens with one attached hydrogen (secondary N) is 1. The molecule has 110 valence electrons. The standard InChI is InChI=1S/C15H19N5O/c1-11-3-5-13(6-4-11)20-10-14(17-18-20)15(21)19-8-7-16-12(2)9-19/h3-6,10,12,16H,7-9H2,1-2H3. The highest BCUT2D eigenvalue weighted by Crippen LogP contribution is 2.10. The second-order valence-corrected chi connectivity index (χ2v) is 5.49. The third kappa shape index (κ3) is 2.95. The van der Waals surface area contributed by atoms with Crippen molar-refractivity contribution in [2.24, 2.45) is 0 Å². The molecule has 1 saturated heterocycles. The van der Waals surface area contributed by atoms with Crippen LogP contribution in [0.2, 0.25) is 0 Å². The van der Waals surface area contributed by atoms with Crippen LogP contribution >= 0.6 is 0 Å². The minimum absolute atomic E-state index is 0.0540. The summed E-state index contributed by atoms with van der Waals surface area (Å²) < 4.78 is 1.64. The lowest BCUT2D eigenvalue weighted by Gasteiger charge is -2.31. The molecule has 1 aromatic carbocycles. The predicted octanol–water partition coefficient (Wildman–Crippen LogP) is 1.01. The van der Waals surface area contributed by atoms with E-state index in [1.807, 2.05) is 36.1 Å². The van der Waals surface area contributed by atoms with Crippen LogP contribution in [-0.4, -0.2) is 51.5 Å². The Kier molecular flexibility index (Phi) is 3.70. The minimum Gasteiger partial charge on any atom is -0.334 e. The highest BCUT2D eigenvalue weighted by atomic mass is 16.2. The van der Waals surface area contributed by atoms with Crippen molar-refractivity contribution in [2.75, 3.05) is 19.6 Å². The van der Waals surface area contributed by atoms with Gasteiger partial charge in [-0.15, -0.1) is 5.10 Å². The van der Waals surface area contributed by atoms with Gasteiger partial charge in [0.1, 0.15) is 0 Å². The monoisotopic (exact) mass is 285 g/mol. The van der Waals surface area contributed by atoms with Crippen LogP contribution in [0.3, 0.4) is 0 Å². The van der Waals surface area contributed by atoms with Crippen molar-refractivity contribution < 1.29 is 4.79 Å². The number of aryl methyl sites for hydroxylation is 1. The first-order chi connectivity index (χ1) is 10.1. The van der Waals surface area contributed by atoms with E-state index >= 15 is 0 Å². The molecule has 0 bridgehead atoms. The highest BCUT2D eigenvalue weighted by molar-refractivity contribution is 5.92. The molecular formula is C15H19N5O. The number of hydrogen-bond acceptors (Lipinski definition) is 4. The molecule has 1 fully saturated rings.